The molecule has 2 amide bonds. The molecule has 0 aliphatic rings. The molecule has 0 aliphatic carbocycles. The largest absolute Gasteiger partial charge is 0.484 e. The van der Waals surface area contributed by atoms with Crippen LogP contribution in [0.2, 0.25) is 0 Å². The normalized spacial score (nSPS) is 11.1. The van der Waals surface area contributed by atoms with E-state index in [1.54, 1.807) is 6.92 Å². The summed E-state index contributed by atoms with van der Waals surface area (Å²) >= 11 is 0. The maximum atomic E-state index is 11.9. The molecule has 6 nitrogen and oxygen atoms in total. The first-order chi connectivity index (χ1) is 12.9. The number of carbonyl (C=O) groups excluding carboxylic acids is 2. The molecule has 28 heavy (non-hydrogen) atoms. The van der Waals surface area contributed by atoms with Gasteiger partial charge in [0.15, 0.2) is 6.61 Å². The fraction of sp³-hybridized carbons (Fsp3) is 0.333. The Labute approximate surface area is 172 Å². The van der Waals surface area contributed by atoms with E-state index in [2.05, 4.69) is 10.6 Å². The second kappa shape index (κ2) is 12.0. The minimum Gasteiger partial charge on any atom is -0.484 e. The number of nitrogens with two attached hydrogens (primary N) is 1. The number of rotatable bonds is 9. The Kier molecular flexibility index (Phi) is 10.1. The Hall–Kier alpha value is -2.57. The molecule has 2 rings (SSSR count). The van der Waals surface area contributed by atoms with Crippen LogP contribution in [0.1, 0.15) is 24.5 Å². The van der Waals surface area contributed by atoms with Crippen LogP contribution < -0.4 is 21.1 Å². The zero-order valence-corrected chi connectivity index (χ0v) is 17.1. The van der Waals surface area contributed by atoms with Crippen LogP contribution in [0.3, 0.4) is 0 Å². The lowest BCUT2D eigenvalue weighted by atomic mass is 10.1. The molecule has 0 aromatic heterocycles. The summed E-state index contributed by atoms with van der Waals surface area (Å²) in [5.74, 6) is 0.378. The Morgan fingerprint density at radius 3 is 2.29 bits per heavy atom. The van der Waals surface area contributed by atoms with Crippen LogP contribution in [0.4, 0.5) is 5.69 Å². The van der Waals surface area contributed by atoms with Gasteiger partial charge in [-0.05, 0) is 50.1 Å². The molecule has 2 aromatic rings. The molecule has 152 valence electrons. The first-order valence-electron chi connectivity index (χ1n) is 9.03. The van der Waals surface area contributed by atoms with E-state index in [1.165, 1.54) is 0 Å². The van der Waals surface area contributed by atoms with Crippen molar-refractivity contribution < 1.29 is 14.3 Å². The standard InChI is InChI=1S/C21H27N3O3.ClH/c1-15-3-7-18(8-4-15)24-21(26)14-27-19-9-5-17(6-10-19)11-12-23-20(25)13-16(2)22;/h3-10,16H,11-14,22H2,1-2H3,(H,23,25)(H,24,26);1H. The number of aryl methyl sites for hydroxylation is 1. The lowest BCUT2D eigenvalue weighted by Gasteiger charge is -2.09. The molecule has 0 saturated heterocycles. The van der Waals surface area contributed by atoms with Crippen molar-refractivity contribution in [3.63, 3.8) is 0 Å². The first-order valence-corrected chi connectivity index (χ1v) is 9.03. The van der Waals surface area contributed by atoms with Gasteiger partial charge < -0.3 is 21.1 Å². The molecule has 0 fully saturated rings. The van der Waals surface area contributed by atoms with Crippen LogP contribution >= 0.6 is 12.4 Å². The van der Waals surface area contributed by atoms with E-state index in [9.17, 15) is 9.59 Å². The quantitative estimate of drug-likeness (QED) is 0.598. The molecule has 0 spiro atoms. The van der Waals surface area contributed by atoms with Crippen molar-refractivity contribution >= 4 is 29.9 Å². The van der Waals surface area contributed by atoms with Crippen molar-refractivity contribution in [2.75, 3.05) is 18.5 Å². The topological polar surface area (TPSA) is 93.5 Å². The third-order valence-electron chi connectivity index (χ3n) is 3.87. The summed E-state index contributed by atoms with van der Waals surface area (Å²) in [5.41, 5.74) is 8.55. The molecule has 2 aromatic carbocycles. The summed E-state index contributed by atoms with van der Waals surface area (Å²) in [5, 5.41) is 5.63. The van der Waals surface area contributed by atoms with Crippen LogP contribution in [0.25, 0.3) is 0 Å². The second-order valence-electron chi connectivity index (χ2n) is 6.63. The molecule has 0 radical (unpaired) electrons. The summed E-state index contributed by atoms with van der Waals surface area (Å²) in [6, 6.07) is 14.9. The molecule has 1 unspecified atom stereocenters. The van der Waals surface area contributed by atoms with Crippen molar-refractivity contribution in [1.29, 1.82) is 0 Å². The van der Waals surface area contributed by atoms with Crippen molar-refractivity contribution in [3.8, 4) is 5.75 Å². The van der Waals surface area contributed by atoms with Gasteiger partial charge in [-0.2, -0.15) is 0 Å². The van der Waals surface area contributed by atoms with E-state index in [0.29, 0.717) is 18.7 Å². The van der Waals surface area contributed by atoms with Crippen LogP contribution in [-0.2, 0) is 16.0 Å². The number of nitrogens with one attached hydrogen (secondary N) is 2. The van der Waals surface area contributed by atoms with Crippen molar-refractivity contribution in [2.45, 2.75) is 32.7 Å². The van der Waals surface area contributed by atoms with Crippen molar-refractivity contribution in [3.05, 3.63) is 59.7 Å². The van der Waals surface area contributed by atoms with Crippen LogP contribution in [0.5, 0.6) is 5.75 Å². The van der Waals surface area contributed by atoms with Gasteiger partial charge in [-0.1, -0.05) is 29.8 Å². The van der Waals surface area contributed by atoms with Gasteiger partial charge in [-0.25, -0.2) is 0 Å². The average Bonchev–Trinajstić information content (AvgIpc) is 2.62. The van der Waals surface area contributed by atoms with Gasteiger partial charge >= 0.3 is 0 Å². The zero-order chi connectivity index (χ0) is 19.6. The lowest BCUT2D eigenvalue weighted by molar-refractivity contribution is -0.121. The Morgan fingerprint density at radius 2 is 1.68 bits per heavy atom. The van der Waals surface area contributed by atoms with Crippen molar-refractivity contribution in [1.82, 2.24) is 5.32 Å². The zero-order valence-electron chi connectivity index (χ0n) is 16.2. The summed E-state index contributed by atoms with van der Waals surface area (Å²) in [6.07, 6.45) is 1.05. The minimum atomic E-state index is -0.209. The Bertz CT molecular complexity index is 746. The van der Waals surface area contributed by atoms with E-state index >= 15 is 0 Å². The first kappa shape index (κ1) is 23.5. The van der Waals surface area contributed by atoms with Crippen LogP contribution in [-0.4, -0.2) is 31.0 Å². The minimum absolute atomic E-state index is 0. The van der Waals surface area contributed by atoms with E-state index in [-0.39, 0.29) is 36.9 Å². The fourth-order valence-corrected chi connectivity index (χ4v) is 2.45. The van der Waals surface area contributed by atoms with Gasteiger partial charge in [0.05, 0.1) is 0 Å². The third-order valence-corrected chi connectivity index (χ3v) is 3.87. The fourth-order valence-electron chi connectivity index (χ4n) is 2.45. The highest BCUT2D eigenvalue weighted by Crippen LogP contribution is 2.13. The van der Waals surface area contributed by atoms with Crippen LogP contribution in [0, 0.1) is 6.92 Å². The highest BCUT2D eigenvalue weighted by molar-refractivity contribution is 5.91. The average molecular weight is 406 g/mol. The summed E-state index contributed by atoms with van der Waals surface area (Å²) < 4.78 is 5.51. The number of hydrogen-bond acceptors (Lipinski definition) is 4. The number of hydrogen-bond donors (Lipinski definition) is 3. The molecule has 7 heteroatoms. The molecule has 0 saturated carbocycles. The van der Waals surface area contributed by atoms with Gasteiger partial charge in [0.1, 0.15) is 5.75 Å². The molecule has 0 bridgehead atoms. The summed E-state index contributed by atoms with van der Waals surface area (Å²) in [6.45, 7) is 4.30. The number of carbonyl (C=O) groups is 2. The molecular formula is C21H28ClN3O3. The number of anilines is 1. The van der Waals surface area contributed by atoms with E-state index in [0.717, 1.165) is 23.2 Å². The summed E-state index contributed by atoms with van der Waals surface area (Å²) in [7, 11) is 0. The molecular weight excluding hydrogens is 378 g/mol. The number of halogens is 1. The highest BCUT2D eigenvalue weighted by Gasteiger charge is 2.05. The van der Waals surface area contributed by atoms with E-state index in [4.69, 9.17) is 10.5 Å². The molecule has 0 aliphatic heterocycles. The highest BCUT2D eigenvalue weighted by atomic mass is 35.5. The molecule has 0 heterocycles. The van der Waals surface area contributed by atoms with Gasteiger partial charge in [0.25, 0.3) is 5.91 Å². The van der Waals surface area contributed by atoms with Gasteiger partial charge in [0.2, 0.25) is 5.91 Å². The summed E-state index contributed by atoms with van der Waals surface area (Å²) in [4.78, 5) is 23.5. The van der Waals surface area contributed by atoms with Crippen molar-refractivity contribution in [2.24, 2.45) is 5.73 Å². The Balaban J connectivity index is 0.00000392. The predicted octanol–water partition coefficient (Wildman–Crippen LogP) is 2.83. The Morgan fingerprint density at radius 1 is 1.04 bits per heavy atom. The van der Waals surface area contributed by atoms with Gasteiger partial charge in [-0.3, -0.25) is 9.59 Å². The smallest absolute Gasteiger partial charge is 0.262 e. The maximum Gasteiger partial charge on any atom is 0.262 e. The van der Waals surface area contributed by atoms with Gasteiger partial charge in [-0.15, -0.1) is 12.4 Å². The maximum absolute atomic E-state index is 11.9. The second-order valence-corrected chi connectivity index (χ2v) is 6.63. The number of amides is 2. The van der Waals surface area contributed by atoms with Crippen LogP contribution in [0.15, 0.2) is 48.5 Å². The van der Waals surface area contributed by atoms with Gasteiger partial charge in [0, 0.05) is 24.7 Å². The third kappa shape index (κ3) is 8.88. The van der Waals surface area contributed by atoms with E-state index in [1.807, 2.05) is 55.5 Å². The van der Waals surface area contributed by atoms with E-state index < -0.39 is 0 Å². The number of benzene rings is 2. The monoisotopic (exact) mass is 405 g/mol. The predicted molar refractivity (Wildman–Crippen MR) is 114 cm³/mol. The lowest BCUT2D eigenvalue weighted by Crippen LogP contribution is -2.31. The number of ether oxygens (including phenoxy) is 1. The SMILES string of the molecule is Cc1ccc(NC(=O)COc2ccc(CCNC(=O)CC(C)N)cc2)cc1.Cl. The molecule has 4 N–H and O–H groups in total. The molecule has 1 atom stereocenters.